The number of fused-ring (bicyclic) bond motifs is 11. The Morgan fingerprint density at radius 1 is 0.516 bits per heavy atom. The van der Waals surface area contributed by atoms with Crippen LogP contribution < -0.4 is 0 Å². The summed E-state index contributed by atoms with van der Waals surface area (Å²) in [4.78, 5) is 11.4. The summed E-state index contributed by atoms with van der Waals surface area (Å²) < 4.78 is 15.9. The van der Waals surface area contributed by atoms with Crippen LogP contribution in [0.1, 0.15) is 42.5 Å². The maximum atomic E-state index is 7.04. The number of nitrogens with zero attached hydrogens (tertiary/aromatic N) is 3. The molecule has 3 aromatic heterocycles. The van der Waals surface area contributed by atoms with Gasteiger partial charge in [-0.25, -0.2) is 4.99 Å². The highest BCUT2D eigenvalue weighted by Gasteiger charge is 2.27. The van der Waals surface area contributed by atoms with Crippen LogP contribution in [0.15, 0.2) is 201 Å². The molecule has 4 heterocycles. The van der Waals surface area contributed by atoms with Gasteiger partial charge in [0.1, 0.15) is 16.7 Å². The SMILES string of the molecule is CC1CCC(c2cc(-n3c4ccccc4c4cc5ccccc5cc43)c3oc4cc5ccccc5cc4c3c2)=NC(c2cccc3oc4ccccc4c23)=NC1c1ccccc1. The van der Waals surface area contributed by atoms with E-state index in [4.69, 9.17) is 18.8 Å². The molecule has 0 bridgehead atoms. The number of aliphatic imine (C=N–C) groups is 2. The first-order valence-corrected chi connectivity index (χ1v) is 21.6. The molecule has 0 saturated carbocycles. The van der Waals surface area contributed by atoms with E-state index in [1.807, 2.05) is 18.2 Å². The van der Waals surface area contributed by atoms with E-state index in [1.54, 1.807) is 0 Å². The predicted octanol–water partition coefficient (Wildman–Crippen LogP) is 15.3. The molecule has 1 aliphatic heterocycles. The normalized spacial score (nSPS) is 16.2. The van der Waals surface area contributed by atoms with E-state index >= 15 is 0 Å². The first kappa shape index (κ1) is 35.0. The number of amidine groups is 1. The van der Waals surface area contributed by atoms with E-state index < -0.39 is 0 Å². The molecule has 294 valence electrons. The third-order valence-electron chi connectivity index (χ3n) is 13.2. The Morgan fingerprint density at radius 3 is 2.02 bits per heavy atom. The molecule has 62 heavy (non-hydrogen) atoms. The lowest BCUT2D eigenvalue weighted by molar-refractivity contribution is 0.446. The summed E-state index contributed by atoms with van der Waals surface area (Å²) in [5.74, 6) is 0.957. The highest BCUT2D eigenvalue weighted by atomic mass is 16.3. The fourth-order valence-corrected chi connectivity index (χ4v) is 10.1. The van der Waals surface area contributed by atoms with Crippen LogP contribution in [0, 0.1) is 5.92 Å². The molecule has 5 nitrogen and oxygen atoms in total. The second kappa shape index (κ2) is 13.6. The van der Waals surface area contributed by atoms with Crippen molar-refractivity contribution in [3.05, 3.63) is 199 Å². The molecule has 0 radical (unpaired) electrons. The van der Waals surface area contributed by atoms with Crippen molar-refractivity contribution >= 4 is 98.8 Å². The molecule has 0 amide bonds. The number of hydrogen-bond acceptors (Lipinski definition) is 4. The fourth-order valence-electron chi connectivity index (χ4n) is 10.1. The van der Waals surface area contributed by atoms with Crippen molar-refractivity contribution in [2.75, 3.05) is 0 Å². The van der Waals surface area contributed by atoms with Crippen molar-refractivity contribution < 1.29 is 8.83 Å². The van der Waals surface area contributed by atoms with Crippen molar-refractivity contribution in [3.8, 4) is 5.69 Å². The minimum atomic E-state index is -0.0681. The van der Waals surface area contributed by atoms with Crippen molar-refractivity contribution in [2.45, 2.75) is 25.8 Å². The van der Waals surface area contributed by atoms with Crippen LogP contribution in [-0.2, 0) is 0 Å². The third kappa shape index (κ3) is 5.41. The van der Waals surface area contributed by atoms with Gasteiger partial charge in [0.2, 0.25) is 0 Å². The number of para-hydroxylation sites is 2. The number of furan rings is 2. The molecule has 0 saturated heterocycles. The topological polar surface area (TPSA) is 55.9 Å². The van der Waals surface area contributed by atoms with E-state index in [0.717, 1.165) is 95.7 Å². The van der Waals surface area contributed by atoms with Crippen LogP contribution in [0.4, 0.5) is 0 Å². The molecule has 13 rings (SSSR count). The molecule has 9 aromatic carbocycles. The Kier molecular flexibility index (Phi) is 7.70. The molecule has 0 fully saturated rings. The molecule has 0 spiro atoms. The van der Waals surface area contributed by atoms with Gasteiger partial charge >= 0.3 is 0 Å². The summed E-state index contributed by atoms with van der Waals surface area (Å²) in [6.45, 7) is 2.33. The molecule has 5 heteroatoms. The molecule has 12 aromatic rings. The second-order valence-electron chi connectivity index (χ2n) is 16.9. The number of aromatic nitrogens is 1. The van der Waals surface area contributed by atoms with Gasteiger partial charge in [-0.3, -0.25) is 4.99 Å². The van der Waals surface area contributed by atoms with Crippen molar-refractivity contribution in [1.29, 1.82) is 0 Å². The fraction of sp³-hybridized carbons (Fsp3) is 0.0877. The Morgan fingerprint density at radius 2 is 1.19 bits per heavy atom. The Bertz CT molecular complexity index is 3850. The number of rotatable bonds is 4. The van der Waals surface area contributed by atoms with Gasteiger partial charge in [0.25, 0.3) is 0 Å². The summed E-state index contributed by atoms with van der Waals surface area (Å²) in [6.07, 6.45) is 1.69. The van der Waals surface area contributed by atoms with Crippen molar-refractivity contribution in [2.24, 2.45) is 15.9 Å². The minimum absolute atomic E-state index is 0.0681. The zero-order chi connectivity index (χ0) is 40.9. The number of benzene rings is 9. The van der Waals surface area contributed by atoms with E-state index in [0.29, 0.717) is 5.84 Å². The average molecular weight is 798 g/mol. The Hall–Kier alpha value is -7.76. The van der Waals surface area contributed by atoms with Crippen LogP contribution in [0.2, 0.25) is 0 Å². The van der Waals surface area contributed by atoms with E-state index in [-0.39, 0.29) is 12.0 Å². The smallest absolute Gasteiger partial charge is 0.159 e. The zero-order valence-corrected chi connectivity index (χ0v) is 34.0. The molecule has 1 aliphatic rings. The van der Waals surface area contributed by atoms with Crippen molar-refractivity contribution in [1.82, 2.24) is 4.57 Å². The van der Waals surface area contributed by atoms with Gasteiger partial charge in [0, 0.05) is 37.9 Å². The van der Waals surface area contributed by atoms with Gasteiger partial charge in [-0.15, -0.1) is 0 Å². The van der Waals surface area contributed by atoms with Crippen LogP contribution in [0.5, 0.6) is 0 Å². The second-order valence-corrected chi connectivity index (χ2v) is 16.9. The van der Waals surface area contributed by atoms with Crippen LogP contribution in [0.25, 0.3) is 92.9 Å². The molecular formula is C57H39N3O2. The Balaban J connectivity index is 1.12. The van der Waals surface area contributed by atoms with E-state index in [1.165, 1.54) is 32.5 Å². The first-order valence-electron chi connectivity index (χ1n) is 21.6. The summed E-state index contributed by atoms with van der Waals surface area (Å²) >= 11 is 0. The minimum Gasteiger partial charge on any atom is -0.456 e. The zero-order valence-electron chi connectivity index (χ0n) is 34.0. The van der Waals surface area contributed by atoms with Gasteiger partial charge in [0.15, 0.2) is 11.4 Å². The molecular weight excluding hydrogens is 759 g/mol. The predicted molar refractivity (Wildman–Crippen MR) is 257 cm³/mol. The standard InChI is InChI=1S/C57H39N3O2/c1-34-26-27-47(58-57(59-55(34)35-14-3-2-4-15-35)43-22-13-25-52-54(43)42-21-10-12-24-51(42)61-52)40-30-46-45-29-37-17-6-8-19-39(37)33-53(45)62-56(46)50(32-40)60-48-23-11-9-20-41(48)44-28-36-16-5-7-18-38(36)31-49(44)60/h2-25,28-34,55H,26-27H2,1H3. The molecule has 2 unspecified atom stereocenters. The summed E-state index contributed by atoms with van der Waals surface area (Å²) in [5.41, 5.74) is 10.9. The lowest BCUT2D eigenvalue weighted by Gasteiger charge is -2.25. The van der Waals surface area contributed by atoms with E-state index in [9.17, 15) is 0 Å². The summed E-state index contributed by atoms with van der Waals surface area (Å²) in [5, 5.41) is 11.4. The van der Waals surface area contributed by atoms with Gasteiger partial charge in [0.05, 0.1) is 28.5 Å². The lowest BCUT2D eigenvalue weighted by atomic mass is 9.88. The summed E-state index contributed by atoms with van der Waals surface area (Å²) in [7, 11) is 0. The average Bonchev–Trinajstić information content (AvgIpc) is 3.98. The van der Waals surface area contributed by atoms with Crippen molar-refractivity contribution in [3.63, 3.8) is 0 Å². The molecule has 2 atom stereocenters. The first-order chi connectivity index (χ1) is 30.6. The monoisotopic (exact) mass is 797 g/mol. The maximum Gasteiger partial charge on any atom is 0.159 e. The van der Waals surface area contributed by atoms with E-state index in [2.05, 4.69) is 175 Å². The highest BCUT2D eigenvalue weighted by Crippen LogP contribution is 2.42. The maximum absolute atomic E-state index is 7.04. The highest BCUT2D eigenvalue weighted by molar-refractivity contribution is 6.23. The van der Waals surface area contributed by atoms with Gasteiger partial charge in [-0.2, -0.15) is 0 Å². The molecule has 0 aliphatic carbocycles. The van der Waals surface area contributed by atoms with Gasteiger partial charge in [-0.05, 0) is 106 Å². The van der Waals surface area contributed by atoms with Crippen LogP contribution in [0.3, 0.4) is 0 Å². The largest absolute Gasteiger partial charge is 0.456 e. The third-order valence-corrected chi connectivity index (χ3v) is 13.2. The lowest BCUT2D eigenvalue weighted by Crippen LogP contribution is -2.18. The van der Waals surface area contributed by atoms with Crippen LogP contribution in [-0.4, -0.2) is 16.1 Å². The molecule has 0 N–H and O–H groups in total. The van der Waals surface area contributed by atoms with Gasteiger partial charge in [-0.1, -0.05) is 134 Å². The Labute approximate surface area is 356 Å². The van der Waals surface area contributed by atoms with Gasteiger partial charge < -0.3 is 13.4 Å². The van der Waals surface area contributed by atoms with Crippen LogP contribution >= 0.6 is 0 Å². The quantitative estimate of drug-likeness (QED) is 0.178. The number of hydrogen-bond donors (Lipinski definition) is 0. The summed E-state index contributed by atoms with van der Waals surface area (Å²) in [6, 6.07) is 64.9.